The Labute approximate surface area is 104 Å². The van der Waals surface area contributed by atoms with Gasteiger partial charge in [0.05, 0.1) is 11.0 Å². The summed E-state index contributed by atoms with van der Waals surface area (Å²) in [4.78, 5) is 15.4. The number of hydrogen-bond donors (Lipinski definition) is 2. The van der Waals surface area contributed by atoms with Gasteiger partial charge in [-0.3, -0.25) is 4.79 Å². The lowest BCUT2D eigenvalue weighted by Crippen LogP contribution is -2.19. The Morgan fingerprint density at radius 3 is 3.06 bits per heavy atom. The van der Waals surface area contributed by atoms with Gasteiger partial charge < -0.3 is 15.6 Å². The Morgan fingerprint density at radius 1 is 1.59 bits per heavy atom. The number of rotatable bonds is 3. The SMILES string of the molecule is CNC(=O)CCn1c(N)nc2ccc(Cl)cc21. The summed E-state index contributed by atoms with van der Waals surface area (Å²) in [5.41, 5.74) is 7.44. The molecule has 3 N–H and O–H groups in total. The number of aromatic nitrogens is 2. The molecule has 0 unspecified atom stereocenters. The van der Waals surface area contributed by atoms with Crippen LogP contribution in [0, 0.1) is 0 Å². The molecular formula is C11H13ClN4O. The quantitative estimate of drug-likeness (QED) is 0.868. The minimum atomic E-state index is -0.0340. The van der Waals surface area contributed by atoms with E-state index in [0.29, 0.717) is 23.9 Å². The van der Waals surface area contributed by atoms with Gasteiger partial charge in [-0.2, -0.15) is 0 Å². The van der Waals surface area contributed by atoms with Crippen molar-refractivity contribution in [3.8, 4) is 0 Å². The van der Waals surface area contributed by atoms with E-state index in [9.17, 15) is 4.79 Å². The highest BCUT2D eigenvalue weighted by Gasteiger charge is 2.09. The first-order valence-electron chi connectivity index (χ1n) is 5.23. The highest BCUT2D eigenvalue weighted by atomic mass is 35.5. The van der Waals surface area contributed by atoms with Gasteiger partial charge in [0.25, 0.3) is 0 Å². The van der Waals surface area contributed by atoms with Crippen molar-refractivity contribution >= 4 is 34.5 Å². The predicted molar refractivity (Wildman–Crippen MR) is 67.8 cm³/mol. The molecule has 1 amide bonds. The third kappa shape index (κ3) is 2.34. The number of benzene rings is 1. The number of anilines is 1. The van der Waals surface area contributed by atoms with Crippen LogP contribution in [0.3, 0.4) is 0 Å². The second kappa shape index (κ2) is 4.63. The summed E-state index contributed by atoms with van der Waals surface area (Å²) in [5.74, 6) is 0.361. The molecule has 0 aliphatic rings. The molecule has 0 spiro atoms. The lowest BCUT2D eigenvalue weighted by Gasteiger charge is -2.05. The molecule has 5 nitrogen and oxygen atoms in total. The minimum Gasteiger partial charge on any atom is -0.369 e. The third-order valence-corrected chi connectivity index (χ3v) is 2.82. The standard InChI is InChI=1S/C11H13ClN4O/c1-14-10(17)4-5-16-9-6-7(12)2-3-8(9)15-11(16)13/h2-3,6H,4-5H2,1H3,(H2,13,15)(H,14,17). The molecule has 0 saturated heterocycles. The van der Waals surface area contributed by atoms with Gasteiger partial charge in [-0.1, -0.05) is 11.6 Å². The maximum absolute atomic E-state index is 11.2. The second-order valence-corrected chi connectivity index (χ2v) is 4.11. The molecule has 90 valence electrons. The van der Waals surface area contributed by atoms with E-state index in [1.807, 2.05) is 6.07 Å². The predicted octanol–water partition coefficient (Wildman–Crippen LogP) is 1.41. The van der Waals surface area contributed by atoms with Crippen LogP contribution in [0.1, 0.15) is 6.42 Å². The largest absolute Gasteiger partial charge is 0.369 e. The smallest absolute Gasteiger partial charge is 0.221 e. The number of nitrogens with two attached hydrogens (primary N) is 1. The fraction of sp³-hybridized carbons (Fsp3) is 0.273. The summed E-state index contributed by atoms with van der Waals surface area (Å²) in [6, 6.07) is 5.37. The van der Waals surface area contributed by atoms with E-state index < -0.39 is 0 Å². The van der Waals surface area contributed by atoms with Crippen molar-refractivity contribution in [1.82, 2.24) is 14.9 Å². The lowest BCUT2D eigenvalue weighted by atomic mass is 10.3. The van der Waals surface area contributed by atoms with Gasteiger partial charge in [0, 0.05) is 25.0 Å². The van der Waals surface area contributed by atoms with E-state index in [1.54, 1.807) is 23.7 Å². The van der Waals surface area contributed by atoms with Gasteiger partial charge >= 0.3 is 0 Å². The van der Waals surface area contributed by atoms with Crippen molar-refractivity contribution in [2.45, 2.75) is 13.0 Å². The molecule has 2 aromatic rings. The molecule has 2 rings (SSSR count). The van der Waals surface area contributed by atoms with E-state index >= 15 is 0 Å². The maximum atomic E-state index is 11.2. The van der Waals surface area contributed by atoms with Crippen molar-refractivity contribution in [1.29, 1.82) is 0 Å². The number of nitrogens with zero attached hydrogens (tertiary/aromatic N) is 2. The zero-order valence-corrected chi connectivity index (χ0v) is 10.2. The van der Waals surface area contributed by atoms with E-state index in [0.717, 1.165) is 11.0 Å². The van der Waals surface area contributed by atoms with Crippen LogP contribution >= 0.6 is 11.6 Å². The summed E-state index contributed by atoms with van der Waals surface area (Å²) < 4.78 is 1.79. The van der Waals surface area contributed by atoms with Gasteiger partial charge in [0.2, 0.25) is 11.9 Å². The summed E-state index contributed by atoms with van der Waals surface area (Å²) in [6.07, 6.45) is 0.360. The van der Waals surface area contributed by atoms with Crippen LogP contribution in [-0.4, -0.2) is 22.5 Å². The molecule has 0 aliphatic heterocycles. The van der Waals surface area contributed by atoms with Crippen molar-refractivity contribution in [3.05, 3.63) is 23.2 Å². The van der Waals surface area contributed by atoms with Crippen LogP contribution in [0.4, 0.5) is 5.95 Å². The fourth-order valence-electron chi connectivity index (χ4n) is 1.69. The third-order valence-electron chi connectivity index (χ3n) is 2.58. The monoisotopic (exact) mass is 252 g/mol. The number of carbonyl (C=O) groups excluding carboxylic acids is 1. The van der Waals surface area contributed by atoms with E-state index in [-0.39, 0.29) is 5.91 Å². The molecule has 1 aromatic heterocycles. The van der Waals surface area contributed by atoms with Crippen LogP contribution in [-0.2, 0) is 11.3 Å². The minimum absolute atomic E-state index is 0.0340. The summed E-state index contributed by atoms with van der Waals surface area (Å²) >= 11 is 5.93. The molecule has 17 heavy (non-hydrogen) atoms. The molecule has 1 heterocycles. The summed E-state index contributed by atoms with van der Waals surface area (Å²) in [7, 11) is 1.61. The summed E-state index contributed by atoms with van der Waals surface area (Å²) in [6.45, 7) is 0.488. The van der Waals surface area contributed by atoms with Gasteiger partial charge in [-0.25, -0.2) is 4.98 Å². The molecule has 0 fully saturated rings. The molecule has 0 radical (unpaired) electrons. The van der Waals surface area contributed by atoms with Crippen LogP contribution in [0.15, 0.2) is 18.2 Å². The topological polar surface area (TPSA) is 72.9 Å². The van der Waals surface area contributed by atoms with Crippen LogP contribution in [0.25, 0.3) is 11.0 Å². The van der Waals surface area contributed by atoms with Crippen LogP contribution in [0.2, 0.25) is 5.02 Å². The first-order chi connectivity index (χ1) is 8.11. The van der Waals surface area contributed by atoms with Crippen molar-refractivity contribution in [3.63, 3.8) is 0 Å². The Kier molecular flexibility index (Phi) is 3.19. The zero-order valence-electron chi connectivity index (χ0n) is 9.40. The Hall–Kier alpha value is -1.75. The average molecular weight is 253 g/mol. The highest BCUT2D eigenvalue weighted by Crippen LogP contribution is 2.21. The fourth-order valence-corrected chi connectivity index (χ4v) is 1.85. The molecular weight excluding hydrogens is 240 g/mol. The van der Waals surface area contributed by atoms with Crippen molar-refractivity contribution in [2.24, 2.45) is 0 Å². The van der Waals surface area contributed by atoms with Gasteiger partial charge in [0.1, 0.15) is 0 Å². The van der Waals surface area contributed by atoms with Crippen LogP contribution in [0.5, 0.6) is 0 Å². The number of aryl methyl sites for hydroxylation is 1. The van der Waals surface area contributed by atoms with E-state index in [1.165, 1.54) is 0 Å². The first-order valence-corrected chi connectivity index (χ1v) is 5.61. The maximum Gasteiger partial charge on any atom is 0.221 e. The number of nitrogen functional groups attached to an aromatic ring is 1. The van der Waals surface area contributed by atoms with Gasteiger partial charge in [-0.15, -0.1) is 0 Å². The Bertz CT molecular complexity index is 564. The normalized spacial score (nSPS) is 10.7. The van der Waals surface area contributed by atoms with Gasteiger partial charge in [-0.05, 0) is 18.2 Å². The molecule has 0 atom stereocenters. The molecule has 0 bridgehead atoms. The molecule has 6 heteroatoms. The molecule has 0 aliphatic carbocycles. The number of halogens is 1. The number of amides is 1. The van der Waals surface area contributed by atoms with E-state index in [4.69, 9.17) is 17.3 Å². The Morgan fingerprint density at radius 2 is 2.35 bits per heavy atom. The number of imidazole rings is 1. The number of nitrogens with one attached hydrogen (secondary N) is 1. The Balaban J connectivity index is 2.35. The van der Waals surface area contributed by atoms with E-state index in [2.05, 4.69) is 10.3 Å². The lowest BCUT2D eigenvalue weighted by molar-refractivity contribution is -0.120. The van der Waals surface area contributed by atoms with Crippen molar-refractivity contribution in [2.75, 3.05) is 12.8 Å². The number of hydrogen-bond acceptors (Lipinski definition) is 3. The average Bonchev–Trinajstić information content (AvgIpc) is 2.61. The highest BCUT2D eigenvalue weighted by molar-refractivity contribution is 6.31. The molecule has 1 aromatic carbocycles. The zero-order chi connectivity index (χ0) is 12.4. The summed E-state index contributed by atoms with van der Waals surface area (Å²) in [5, 5.41) is 3.19. The molecule has 0 saturated carbocycles. The first kappa shape index (κ1) is 11.7. The number of carbonyl (C=O) groups is 1. The van der Waals surface area contributed by atoms with Crippen LogP contribution < -0.4 is 11.1 Å². The van der Waals surface area contributed by atoms with Crippen molar-refractivity contribution < 1.29 is 4.79 Å². The number of fused-ring (bicyclic) bond motifs is 1. The van der Waals surface area contributed by atoms with Gasteiger partial charge in [0.15, 0.2) is 0 Å². The second-order valence-electron chi connectivity index (χ2n) is 3.68.